The van der Waals surface area contributed by atoms with Gasteiger partial charge < -0.3 is 16.4 Å². The average Bonchev–Trinajstić information content (AvgIpc) is 2.12. The number of carbonyl (C=O) groups is 2. The smallest absolute Gasteiger partial charge is 0.236 e. The van der Waals surface area contributed by atoms with Crippen molar-refractivity contribution >= 4 is 11.8 Å². The van der Waals surface area contributed by atoms with E-state index in [2.05, 4.69) is 0 Å². The molecule has 5 nitrogen and oxygen atoms in total. The first kappa shape index (κ1) is 11.0. The van der Waals surface area contributed by atoms with Gasteiger partial charge in [0.2, 0.25) is 11.8 Å². The molecule has 0 aromatic rings. The number of nitrogens with zero attached hydrogens (tertiary/aromatic N) is 1. The van der Waals surface area contributed by atoms with Gasteiger partial charge in [-0.3, -0.25) is 9.59 Å². The van der Waals surface area contributed by atoms with Gasteiger partial charge in [0.15, 0.2) is 0 Å². The standard InChI is InChI=1S/C9H17N3O2/c1-6-3-2-4-12(9(6)14)5-7(10)8(11)13/h6-7H,2-5,10H2,1H3,(H2,11,13). The molecule has 0 spiro atoms. The normalized spacial score (nSPS) is 24.9. The predicted molar refractivity (Wildman–Crippen MR) is 52.1 cm³/mol. The molecular formula is C9H17N3O2. The molecule has 0 aromatic carbocycles. The Balaban J connectivity index is 2.51. The topological polar surface area (TPSA) is 89.4 Å². The number of likely N-dealkylation sites (tertiary alicyclic amines) is 1. The van der Waals surface area contributed by atoms with Crippen molar-refractivity contribution in [1.82, 2.24) is 4.90 Å². The zero-order chi connectivity index (χ0) is 10.7. The fourth-order valence-electron chi connectivity index (χ4n) is 1.64. The number of nitrogens with two attached hydrogens (primary N) is 2. The molecule has 0 aromatic heterocycles. The summed E-state index contributed by atoms with van der Waals surface area (Å²) in [6.45, 7) is 2.83. The monoisotopic (exact) mass is 199 g/mol. The molecule has 0 saturated carbocycles. The number of carbonyl (C=O) groups excluding carboxylic acids is 2. The van der Waals surface area contributed by atoms with E-state index in [1.165, 1.54) is 0 Å². The molecule has 2 atom stereocenters. The van der Waals surface area contributed by atoms with Crippen LogP contribution < -0.4 is 11.5 Å². The summed E-state index contributed by atoms with van der Waals surface area (Å²) in [6.07, 6.45) is 1.89. The van der Waals surface area contributed by atoms with Crippen molar-refractivity contribution in [2.75, 3.05) is 13.1 Å². The maximum absolute atomic E-state index is 11.6. The second-order valence-electron chi connectivity index (χ2n) is 3.84. The van der Waals surface area contributed by atoms with Crippen LogP contribution in [0.15, 0.2) is 0 Å². The van der Waals surface area contributed by atoms with Crippen molar-refractivity contribution in [2.24, 2.45) is 17.4 Å². The van der Waals surface area contributed by atoms with Crippen molar-refractivity contribution in [3.05, 3.63) is 0 Å². The van der Waals surface area contributed by atoms with E-state index in [0.717, 1.165) is 12.8 Å². The Bertz CT molecular complexity index is 242. The summed E-state index contributed by atoms with van der Waals surface area (Å²) < 4.78 is 0. The van der Waals surface area contributed by atoms with Crippen molar-refractivity contribution in [3.63, 3.8) is 0 Å². The van der Waals surface area contributed by atoms with Gasteiger partial charge in [0.25, 0.3) is 0 Å². The first-order chi connectivity index (χ1) is 6.52. The van der Waals surface area contributed by atoms with Gasteiger partial charge in [0, 0.05) is 19.0 Å². The van der Waals surface area contributed by atoms with Crippen LogP contribution in [0.25, 0.3) is 0 Å². The number of amides is 2. The highest BCUT2D eigenvalue weighted by molar-refractivity contribution is 5.82. The van der Waals surface area contributed by atoms with Gasteiger partial charge in [-0.05, 0) is 12.8 Å². The summed E-state index contributed by atoms with van der Waals surface area (Å²) in [5, 5.41) is 0. The van der Waals surface area contributed by atoms with E-state index in [4.69, 9.17) is 11.5 Å². The zero-order valence-electron chi connectivity index (χ0n) is 8.40. The second-order valence-corrected chi connectivity index (χ2v) is 3.84. The predicted octanol–water partition coefficient (Wildman–Crippen LogP) is -0.942. The highest BCUT2D eigenvalue weighted by Crippen LogP contribution is 2.16. The molecule has 14 heavy (non-hydrogen) atoms. The fraction of sp³-hybridized carbons (Fsp3) is 0.778. The summed E-state index contributed by atoms with van der Waals surface area (Å²) >= 11 is 0. The molecular weight excluding hydrogens is 182 g/mol. The molecule has 1 aliphatic heterocycles. The average molecular weight is 199 g/mol. The van der Waals surface area contributed by atoms with Gasteiger partial charge in [0.1, 0.15) is 6.04 Å². The van der Waals surface area contributed by atoms with E-state index in [0.29, 0.717) is 6.54 Å². The van der Waals surface area contributed by atoms with Crippen molar-refractivity contribution < 1.29 is 9.59 Å². The lowest BCUT2D eigenvalue weighted by Crippen LogP contribution is -2.50. The van der Waals surface area contributed by atoms with Crippen molar-refractivity contribution in [3.8, 4) is 0 Å². The van der Waals surface area contributed by atoms with Crippen LogP contribution in [-0.2, 0) is 9.59 Å². The summed E-state index contributed by atoms with van der Waals surface area (Å²) in [5.41, 5.74) is 10.5. The maximum Gasteiger partial charge on any atom is 0.236 e. The molecule has 2 amide bonds. The van der Waals surface area contributed by atoms with Gasteiger partial charge in [-0.2, -0.15) is 0 Å². The Morgan fingerprint density at radius 1 is 1.71 bits per heavy atom. The van der Waals surface area contributed by atoms with E-state index < -0.39 is 11.9 Å². The molecule has 0 bridgehead atoms. The maximum atomic E-state index is 11.6. The van der Waals surface area contributed by atoms with Crippen molar-refractivity contribution in [1.29, 1.82) is 0 Å². The Hall–Kier alpha value is -1.10. The lowest BCUT2D eigenvalue weighted by atomic mass is 9.99. The minimum atomic E-state index is -0.746. The third kappa shape index (κ3) is 2.45. The Labute approximate surface area is 83.4 Å². The Kier molecular flexibility index (Phi) is 3.46. The molecule has 1 heterocycles. The minimum absolute atomic E-state index is 0.0452. The molecule has 1 fully saturated rings. The molecule has 1 aliphatic rings. The highest BCUT2D eigenvalue weighted by atomic mass is 16.2. The van der Waals surface area contributed by atoms with Crippen LogP contribution in [0.5, 0.6) is 0 Å². The van der Waals surface area contributed by atoms with E-state index in [-0.39, 0.29) is 18.4 Å². The van der Waals surface area contributed by atoms with Crippen LogP contribution in [0.4, 0.5) is 0 Å². The van der Waals surface area contributed by atoms with Gasteiger partial charge >= 0.3 is 0 Å². The van der Waals surface area contributed by atoms with E-state index in [1.807, 2.05) is 6.92 Å². The van der Waals surface area contributed by atoms with Crippen LogP contribution in [0.1, 0.15) is 19.8 Å². The molecule has 2 unspecified atom stereocenters. The van der Waals surface area contributed by atoms with E-state index >= 15 is 0 Å². The zero-order valence-corrected chi connectivity index (χ0v) is 8.40. The van der Waals surface area contributed by atoms with Crippen LogP contribution in [0, 0.1) is 5.92 Å². The van der Waals surface area contributed by atoms with Crippen LogP contribution in [-0.4, -0.2) is 35.8 Å². The largest absolute Gasteiger partial charge is 0.368 e. The number of rotatable bonds is 3. The molecule has 4 N–H and O–H groups in total. The third-order valence-electron chi connectivity index (χ3n) is 2.58. The minimum Gasteiger partial charge on any atom is -0.368 e. The molecule has 80 valence electrons. The summed E-state index contributed by atoms with van der Waals surface area (Å²) in [5.74, 6) is -0.437. The number of hydrogen-bond donors (Lipinski definition) is 2. The van der Waals surface area contributed by atoms with E-state index in [9.17, 15) is 9.59 Å². The summed E-state index contributed by atoms with van der Waals surface area (Å²) in [7, 11) is 0. The first-order valence-corrected chi connectivity index (χ1v) is 4.86. The summed E-state index contributed by atoms with van der Waals surface area (Å²) in [4.78, 5) is 24.0. The van der Waals surface area contributed by atoms with Crippen LogP contribution in [0.2, 0.25) is 0 Å². The van der Waals surface area contributed by atoms with Crippen molar-refractivity contribution in [2.45, 2.75) is 25.8 Å². The number of hydrogen-bond acceptors (Lipinski definition) is 3. The van der Waals surface area contributed by atoms with Gasteiger partial charge in [-0.25, -0.2) is 0 Å². The van der Waals surface area contributed by atoms with Gasteiger partial charge in [-0.1, -0.05) is 6.92 Å². The molecule has 0 radical (unpaired) electrons. The summed E-state index contributed by atoms with van der Waals surface area (Å²) in [6, 6.07) is -0.746. The van der Waals surface area contributed by atoms with Gasteiger partial charge in [0.05, 0.1) is 0 Å². The second kappa shape index (κ2) is 4.41. The Morgan fingerprint density at radius 2 is 2.36 bits per heavy atom. The highest BCUT2D eigenvalue weighted by Gasteiger charge is 2.27. The van der Waals surface area contributed by atoms with E-state index in [1.54, 1.807) is 4.90 Å². The third-order valence-corrected chi connectivity index (χ3v) is 2.58. The van der Waals surface area contributed by atoms with Crippen LogP contribution >= 0.6 is 0 Å². The number of piperidine rings is 1. The Morgan fingerprint density at radius 3 is 2.93 bits per heavy atom. The van der Waals surface area contributed by atoms with Crippen LogP contribution in [0.3, 0.4) is 0 Å². The molecule has 5 heteroatoms. The lowest BCUT2D eigenvalue weighted by Gasteiger charge is -2.31. The quantitative estimate of drug-likeness (QED) is 0.614. The molecule has 1 rings (SSSR count). The number of primary amides is 1. The SMILES string of the molecule is CC1CCCN(CC(N)C(N)=O)C1=O. The first-order valence-electron chi connectivity index (χ1n) is 4.86. The molecule has 1 saturated heterocycles. The molecule has 0 aliphatic carbocycles. The lowest BCUT2D eigenvalue weighted by molar-refractivity contribution is -0.138. The fourth-order valence-corrected chi connectivity index (χ4v) is 1.64. The van der Waals surface area contributed by atoms with Gasteiger partial charge in [-0.15, -0.1) is 0 Å².